The number of sulfonamides is 1. The molecule has 0 fully saturated rings. The quantitative estimate of drug-likeness (QED) is 0.362. The van der Waals surface area contributed by atoms with Crippen molar-refractivity contribution in [3.8, 4) is 0 Å². The molecule has 0 aliphatic rings. The van der Waals surface area contributed by atoms with Gasteiger partial charge in [-0.25, -0.2) is 22.5 Å². The van der Waals surface area contributed by atoms with Crippen LogP contribution in [0.5, 0.6) is 0 Å². The summed E-state index contributed by atoms with van der Waals surface area (Å²) in [5, 5.41) is 10.9. The second-order valence-corrected chi connectivity index (χ2v) is 11.0. The lowest BCUT2D eigenvalue weighted by atomic mass is 10.3. The SMILES string of the molecule is CCCn1c(CSc2nnc(NC(=O)OCC)s2)nc2cc(S(=O)(=O)N(C)C)ccc21. The maximum atomic E-state index is 12.5. The van der Waals surface area contributed by atoms with Crippen LogP contribution in [0.2, 0.25) is 0 Å². The van der Waals surface area contributed by atoms with Crippen molar-refractivity contribution in [1.82, 2.24) is 24.1 Å². The van der Waals surface area contributed by atoms with Gasteiger partial charge < -0.3 is 9.30 Å². The van der Waals surface area contributed by atoms with E-state index in [0.717, 1.165) is 24.3 Å². The molecule has 1 amide bonds. The summed E-state index contributed by atoms with van der Waals surface area (Å²) in [5.74, 6) is 1.34. The van der Waals surface area contributed by atoms with E-state index >= 15 is 0 Å². The zero-order valence-corrected chi connectivity index (χ0v) is 20.1. The fourth-order valence-electron chi connectivity index (χ4n) is 2.81. The van der Waals surface area contributed by atoms with Crippen LogP contribution in [0.15, 0.2) is 27.4 Å². The number of rotatable bonds is 9. The van der Waals surface area contributed by atoms with Crippen LogP contribution in [0.1, 0.15) is 26.1 Å². The maximum Gasteiger partial charge on any atom is 0.413 e. The van der Waals surface area contributed by atoms with Crippen molar-refractivity contribution in [3.05, 3.63) is 24.0 Å². The van der Waals surface area contributed by atoms with Gasteiger partial charge in [0.25, 0.3) is 0 Å². The molecule has 0 saturated carbocycles. The van der Waals surface area contributed by atoms with Gasteiger partial charge in [0.2, 0.25) is 15.2 Å². The molecule has 0 saturated heterocycles. The molecule has 0 atom stereocenters. The topological polar surface area (TPSA) is 119 Å². The van der Waals surface area contributed by atoms with Crippen LogP contribution in [0.25, 0.3) is 11.0 Å². The third-order valence-electron chi connectivity index (χ3n) is 4.24. The van der Waals surface area contributed by atoms with E-state index in [-0.39, 0.29) is 11.5 Å². The molecule has 168 valence electrons. The average Bonchev–Trinajstić information content (AvgIpc) is 3.30. The minimum atomic E-state index is -3.53. The zero-order chi connectivity index (χ0) is 22.6. The summed E-state index contributed by atoms with van der Waals surface area (Å²) in [5.41, 5.74) is 1.52. The lowest BCUT2D eigenvalue weighted by Crippen LogP contribution is -2.22. The number of hydrogen-bond donors (Lipinski definition) is 1. The van der Waals surface area contributed by atoms with E-state index in [1.165, 1.54) is 41.5 Å². The molecule has 1 aromatic carbocycles. The standard InChI is InChI=1S/C18H24N6O4S3/c1-5-9-24-14-8-7-12(31(26,27)23(3)4)10-13(14)19-15(24)11-29-18-22-21-16(30-18)20-17(25)28-6-2/h7-8,10H,5-6,9,11H2,1-4H3,(H,20,21,25). The molecule has 3 rings (SSSR count). The number of thioether (sulfide) groups is 1. The number of nitrogens with one attached hydrogen (secondary N) is 1. The van der Waals surface area contributed by atoms with Crippen molar-refractivity contribution in [2.45, 2.75) is 41.8 Å². The number of carbonyl (C=O) groups is 1. The molecule has 2 aromatic heterocycles. The van der Waals surface area contributed by atoms with Gasteiger partial charge in [-0.05, 0) is 31.5 Å². The highest BCUT2D eigenvalue weighted by Gasteiger charge is 2.20. The van der Waals surface area contributed by atoms with Crippen molar-refractivity contribution >= 4 is 55.4 Å². The van der Waals surface area contributed by atoms with Crippen LogP contribution in [0.4, 0.5) is 9.93 Å². The summed E-state index contributed by atoms with van der Waals surface area (Å²) in [4.78, 5) is 16.4. The van der Waals surface area contributed by atoms with Gasteiger partial charge in [0.1, 0.15) is 5.82 Å². The molecule has 10 nitrogen and oxygen atoms in total. The molecule has 0 radical (unpaired) electrons. The number of nitrogens with zero attached hydrogens (tertiary/aromatic N) is 5. The smallest absolute Gasteiger partial charge is 0.413 e. The first-order valence-electron chi connectivity index (χ1n) is 9.58. The number of amides is 1. The molecule has 0 unspecified atom stereocenters. The first-order valence-corrected chi connectivity index (χ1v) is 12.8. The van der Waals surface area contributed by atoms with Crippen molar-refractivity contribution in [1.29, 1.82) is 0 Å². The summed E-state index contributed by atoms with van der Waals surface area (Å²) in [7, 11) is -0.525. The van der Waals surface area contributed by atoms with Crippen molar-refractivity contribution in [3.63, 3.8) is 0 Å². The van der Waals surface area contributed by atoms with Gasteiger partial charge in [-0.2, -0.15) is 0 Å². The highest BCUT2D eigenvalue weighted by atomic mass is 32.2. The number of aryl methyl sites for hydroxylation is 1. The Morgan fingerprint density at radius 2 is 2.06 bits per heavy atom. The number of imidazole rings is 1. The third-order valence-corrected chi connectivity index (χ3v) is 8.02. The number of ether oxygens (including phenoxy) is 1. The van der Waals surface area contributed by atoms with Crippen LogP contribution in [0, 0.1) is 0 Å². The van der Waals surface area contributed by atoms with Crippen LogP contribution in [-0.2, 0) is 27.1 Å². The van der Waals surface area contributed by atoms with Crippen molar-refractivity contribution < 1.29 is 17.9 Å². The van der Waals surface area contributed by atoms with E-state index in [0.29, 0.717) is 20.7 Å². The first kappa shape index (κ1) is 23.4. The van der Waals surface area contributed by atoms with Gasteiger partial charge in [-0.1, -0.05) is 30.0 Å². The predicted molar refractivity (Wildman–Crippen MR) is 121 cm³/mol. The fraction of sp³-hybridized carbons (Fsp3) is 0.444. The van der Waals surface area contributed by atoms with E-state index in [1.807, 2.05) is 0 Å². The van der Waals surface area contributed by atoms with Crippen LogP contribution >= 0.6 is 23.1 Å². The van der Waals surface area contributed by atoms with E-state index in [9.17, 15) is 13.2 Å². The second-order valence-electron chi connectivity index (χ2n) is 6.62. The molecule has 0 spiro atoms. The van der Waals surface area contributed by atoms with Gasteiger partial charge in [-0.3, -0.25) is 5.32 Å². The van der Waals surface area contributed by atoms with E-state index in [2.05, 4.69) is 32.0 Å². The van der Waals surface area contributed by atoms with Gasteiger partial charge in [-0.15, -0.1) is 10.2 Å². The Hall–Kier alpha value is -2.22. The summed E-state index contributed by atoms with van der Waals surface area (Å²) >= 11 is 2.70. The van der Waals surface area contributed by atoms with Gasteiger partial charge >= 0.3 is 6.09 Å². The molecule has 0 aliphatic heterocycles. The molecule has 31 heavy (non-hydrogen) atoms. The van der Waals surface area contributed by atoms with Crippen molar-refractivity contribution in [2.24, 2.45) is 0 Å². The third kappa shape index (κ3) is 5.34. The number of benzene rings is 1. The monoisotopic (exact) mass is 484 g/mol. The first-order chi connectivity index (χ1) is 14.8. The highest BCUT2D eigenvalue weighted by molar-refractivity contribution is 8.00. The maximum absolute atomic E-state index is 12.5. The lowest BCUT2D eigenvalue weighted by Gasteiger charge is -2.11. The Morgan fingerprint density at radius 1 is 1.29 bits per heavy atom. The lowest BCUT2D eigenvalue weighted by molar-refractivity contribution is 0.168. The fourth-order valence-corrected chi connectivity index (χ4v) is 5.42. The number of hydrogen-bond acceptors (Lipinski definition) is 9. The number of aromatic nitrogens is 4. The second kappa shape index (κ2) is 9.94. The highest BCUT2D eigenvalue weighted by Crippen LogP contribution is 2.30. The van der Waals surface area contributed by atoms with E-state index < -0.39 is 16.1 Å². The molecule has 1 N–H and O–H groups in total. The Morgan fingerprint density at radius 3 is 2.74 bits per heavy atom. The van der Waals surface area contributed by atoms with Gasteiger partial charge in [0, 0.05) is 20.6 Å². The molecular weight excluding hydrogens is 460 g/mol. The summed E-state index contributed by atoms with van der Waals surface area (Å²) in [6.07, 6.45) is 0.344. The predicted octanol–water partition coefficient (Wildman–Crippen LogP) is 3.41. The Balaban J connectivity index is 1.82. The van der Waals surface area contributed by atoms with E-state index in [1.54, 1.807) is 25.1 Å². The average molecular weight is 485 g/mol. The number of anilines is 1. The Kier molecular flexibility index (Phi) is 7.51. The van der Waals surface area contributed by atoms with Crippen LogP contribution < -0.4 is 5.32 Å². The number of carbonyl (C=O) groups excluding carboxylic acids is 1. The zero-order valence-electron chi connectivity index (χ0n) is 17.7. The molecule has 0 bridgehead atoms. The van der Waals surface area contributed by atoms with Gasteiger partial charge in [0.05, 0.1) is 28.3 Å². The normalized spacial score (nSPS) is 11.9. The van der Waals surface area contributed by atoms with Crippen LogP contribution in [-0.4, -0.2) is 59.3 Å². The molecular formula is C18H24N6O4S3. The Labute approximate surface area is 189 Å². The molecule has 2 heterocycles. The van der Waals surface area contributed by atoms with Gasteiger partial charge in [0.15, 0.2) is 4.34 Å². The molecule has 0 aliphatic carbocycles. The Bertz CT molecular complexity index is 1170. The minimum absolute atomic E-state index is 0.212. The number of fused-ring (bicyclic) bond motifs is 1. The van der Waals surface area contributed by atoms with Crippen LogP contribution in [0.3, 0.4) is 0 Å². The largest absolute Gasteiger partial charge is 0.450 e. The molecule has 13 heteroatoms. The molecule has 3 aromatic rings. The minimum Gasteiger partial charge on any atom is -0.450 e. The van der Waals surface area contributed by atoms with Crippen molar-refractivity contribution in [2.75, 3.05) is 26.0 Å². The summed E-state index contributed by atoms with van der Waals surface area (Å²) < 4.78 is 33.7. The van der Waals surface area contributed by atoms with E-state index in [4.69, 9.17) is 4.74 Å². The summed E-state index contributed by atoms with van der Waals surface area (Å²) in [6, 6.07) is 5.02. The summed E-state index contributed by atoms with van der Waals surface area (Å²) in [6.45, 7) is 4.84.